The number of anilines is 2. The molecule has 1 amide bonds. The molecule has 6 heteroatoms. The normalized spacial score (nSPS) is 14.0. The first-order valence-electron chi connectivity index (χ1n) is 10.3. The summed E-state index contributed by atoms with van der Waals surface area (Å²) in [5.41, 5.74) is 3.19. The van der Waals surface area contributed by atoms with Crippen LogP contribution in [-0.2, 0) is 11.2 Å². The van der Waals surface area contributed by atoms with Gasteiger partial charge in [-0.15, -0.1) is 0 Å². The molecule has 2 aromatic rings. The quantitative estimate of drug-likeness (QED) is 0.516. The van der Waals surface area contributed by atoms with Gasteiger partial charge < -0.3 is 20.3 Å². The van der Waals surface area contributed by atoms with Crippen LogP contribution in [0, 0.1) is 11.3 Å². The van der Waals surface area contributed by atoms with Crippen molar-refractivity contribution in [3.63, 3.8) is 0 Å². The Hall–Kier alpha value is -3.46. The van der Waals surface area contributed by atoms with Gasteiger partial charge in [-0.3, -0.25) is 4.79 Å². The van der Waals surface area contributed by atoms with Crippen LogP contribution in [0.15, 0.2) is 60.3 Å². The third-order valence-electron chi connectivity index (χ3n) is 5.20. The van der Waals surface area contributed by atoms with Crippen LogP contribution in [0.3, 0.4) is 0 Å². The molecular weight excluding hydrogens is 376 g/mol. The Morgan fingerprint density at radius 1 is 1.10 bits per heavy atom. The number of piperidine rings is 1. The van der Waals surface area contributed by atoms with Crippen molar-refractivity contribution in [3.8, 4) is 11.8 Å². The van der Waals surface area contributed by atoms with Crippen LogP contribution in [0.5, 0.6) is 5.75 Å². The van der Waals surface area contributed by atoms with Crippen LogP contribution < -0.4 is 20.3 Å². The number of carbonyl (C=O) groups excluding carboxylic acids is 1. The minimum atomic E-state index is -0.386. The molecule has 156 valence electrons. The van der Waals surface area contributed by atoms with Crippen molar-refractivity contribution in [3.05, 3.63) is 65.9 Å². The molecule has 0 unspecified atom stereocenters. The van der Waals surface area contributed by atoms with E-state index in [-0.39, 0.29) is 11.5 Å². The van der Waals surface area contributed by atoms with Gasteiger partial charge in [0.25, 0.3) is 5.91 Å². The lowest BCUT2D eigenvalue weighted by molar-refractivity contribution is -0.117. The molecule has 6 nitrogen and oxygen atoms in total. The summed E-state index contributed by atoms with van der Waals surface area (Å²) in [4.78, 5) is 14.7. The third-order valence-corrected chi connectivity index (χ3v) is 5.20. The second-order valence-electron chi connectivity index (χ2n) is 7.26. The second-order valence-corrected chi connectivity index (χ2v) is 7.26. The maximum Gasteiger partial charge on any atom is 0.263 e. The Morgan fingerprint density at radius 3 is 2.43 bits per heavy atom. The molecule has 1 heterocycles. The number of amides is 1. The summed E-state index contributed by atoms with van der Waals surface area (Å²) in [6, 6.07) is 17.7. The fraction of sp³-hybridized carbons (Fsp3) is 0.333. The largest absolute Gasteiger partial charge is 0.497 e. The topological polar surface area (TPSA) is 77.4 Å². The van der Waals surface area contributed by atoms with E-state index in [0.29, 0.717) is 13.0 Å². The lowest BCUT2D eigenvalue weighted by atomic mass is 10.1. The van der Waals surface area contributed by atoms with Gasteiger partial charge in [-0.1, -0.05) is 12.1 Å². The molecule has 1 fully saturated rings. The number of ether oxygens (including phenoxy) is 1. The zero-order chi connectivity index (χ0) is 21.2. The summed E-state index contributed by atoms with van der Waals surface area (Å²) < 4.78 is 5.14. The zero-order valence-electron chi connectivity index (χ0n) is 17.4. The first kappa shape index (κ1) is 21.3. The molecule has 0 atom stereocenters. The minimum Gasteiger partial charge on any atom is -0.497 e. The van der Waals surface area contributed by atoms with Crippen LogP contribution in [0.4, 0.5) is 11.4 Å². The summed E-state index contributed by atoms with van der Waals surface area (Å²) >= 11 is 0. The van der Waals surface area contributed by atoms with E-state index in [4.69, 9.17) is 4.74 Å². The average Bonchev–Trinajstić information content (AvgIpc) is 2.81. The van der Waals surface area contributed by atoms with E-state index in [9.17, 15) is 10.1 Å². The number of nitriles is 1. The fourth-order valence-corrected chi connectivity index (χ4v) is 3.43. The van der Waals surface area contributed by atoms with E-state index in [0.717, 1.165) is 30.1 Å². The zero-order valence-corrected chi connectivity index (χ0v) is 17.4. The van der Waals surface area contributed by atoms with Crippen LogP contribution >= 0.6 is 0 Å². The smallest absolute Gasteiger partial charge is 0.263 e. The van der Waals surface area contributed by atoms with Gasteiger partial charge in [0.05, 0.1) is 7.11 Å². The molecule has 1 aliphatic rings. The van der Waals surface area contributed by atoms with Crippen LogP contribution in [0.1, 0.15) is 24.8 Å². The molecule has 0 aliphatic carbocycles. The monoisotopic (exact) mass is 404 g/mol. The minimum absolute atomic E-state index is 0.0461. The molecule has 30 heavy (non-hydrogen) atoms. The van der Waals surface area contributed by atoms with Crippen LogP contribution in [0.25, 0.3) is 0 Å². The van der Waals surface area contributed by atoms with E-state index >= 15 is 0 Å². The highest BCUT2D eigenvalue weighted by molar-refractivity contribution is 5.97. The Balaban J connectivity index is 1.49. The maximum absolute atomic E-state index is 12.3. The van der Waals surface area contributed by atoms with Gasteiger partial charge in [-0.05, 0) is 67.6 Å². The molecule has 3 rings (SSSR count). The van der Waals surface area contributed by atoms with Gasteiger partial charge in [0.1, 0.15) is 17.4 Å². The van der Waals surface area contributed by atoms with Crippen LogP contribution in [-0.4, -0.2) is 32.7 Å². The summed E-state index contributed by atoms with van der Waals surface area (Å²) in [5.74, 6) is 0.413. The van der Waals surface area contributed by atoms with E-state index in [1.54, 1.807) is 7.11 Å². The first-order chi connectivity index (χ1) is 14.7. The lowest BCUT2D eigenvalue weighted by Gasteiger charge is -2.28. The SMILES string of the molecule is COc1ccc(CCNC(=O)/C(C#N)=C\Nc2ccc(N3CCCCC3)cc2)cc1. The van der Waals surface area contributed by atoms with Crippen molar-refractivity contribution in [2.24, 2.45) is 0 Å². The molecule has 2 aromatic carbocycles. The van der Waals surface area contributed by atoms with Gasteiger partial charge in [0.15, 0.2) is 0 Å². The van der Waals surface area contributed by atoms with Crippen LogP contribution in [0.2, 0.25) is 0 Å². The van der Waals surface area contributed by atoms with E-state index in [1.165, 1.54) is 31.1 Å². The number of carbonyl (C=O) groups is 1. The van der Waals surface area contributed by atoms with Gasteiger partial charge in [-0.25, -0.2) is 0 Å². The molecule has 0 saturated carbocycles. The average molecular weight is 405 g/mol. The molecule has 1 aliphatic heterocycles. The predicted molar refractivity (Wildman–Crippen MR) is 120 cm³/mol. The van der Waals surface area contributed by atoms with Gasteiger partial charge >= 0.3 is 0 Å². The van der Waals surface area contributed by atoms with Gasteiger partial charge in [-0.2, -0.15) is 5.26 Å². The van der Waals surface area contributed by atoms with Crippen molar-refractivity contribution in [2.75, 3.05) is 37.0 Å². The first-order valence-corrected chi connectivity index (χ1v) is 10.3. The number of rotatable bonds is 8. The van der Waals surface area contributed by atoms with Gasteiger partial charge in [0.2, 0.25) is 0 Å². The summed E-state index contributed by atoms with van der Waals surface area (Å²) in [7, 11) is 1.63. The highest BCUT2D eigenvalue weighted by Crippen LogP contribution is 2.22. The Labute approximate surface area is 178 Å². The predicted octanol–water partition coefficient (Wildman–Crippen LogP) is 3.86. The fourth-order valence-electron chi connectivity index (χ4n) is 3.43. The molecule has 2 N–H and O–H groups in total. The highest BCUT2D eigenvalue weighted by atomic mass is 16.5. The third kappa shape index (κ3) is 6.02. The number of benzene rings is 2. The molecule has 0 bridgehead atoms. The number of methoxy groups -OCH3 is 1. The number of nitrogens with one attached hydrogen (secondary N) is 2. The second kappa shape index (κ2) is 10.9. The standard InChI is InChI=1S/C24H28N4O2/c1-30-23-11-5-19(6-12-23)13-14-26-24(29)20(17-25)18-27-21-7-9-22(10-8-21)28-15-3-2-4-16-28/h5-12,18,27H,2-4,13-16H2,1H3,(H,26,29)/b20-18-. The van der Waals surface area contributed by atoms with E-state index in [1.807, 2.05) is 42.5 Å². The number of hydrogen-bond acceptors (Lipinski definition) is 5. The molecular formula is C24H28N4O2. The Kier molecular flexibility index (Phi) is 7.73. The lowest BCUT2D eigenvalue weighted by Crippen LogP contribution is -2.29. The molecule has 1 saturated heterocycles. The molecule has 0 radical (unpaired) electrons. The highest BCUT2D eigenvalue weighted by Gasteiger charge is 2.11. The number of nitrogens with zero attached hydrogens (tertiary/aromatic N) is 2. The summed E-state index contributed by atoms with van der Waals surface area (Å²) in [5, 5.41) is 15.2. The number of hydrogen-bond donors (Lipinski definition) is 2. The summed E-state index contributed by atoms with van der Waals surface area (Å²) in [6.45, 7) is 2.65. The maximum atomic E-state index is 12.3. The van der Waals surface area contributed by atoms with Crippen molar-refractivity contribution in [2.45, 2.75) is 25.7 Å². The van der Waals surface area contributed by atoms with E-state index < -0.39 is 0 Å². The Bertz CT molecular complexity index is 892. The molecule has 0 spiro atoms. The van der Waals surface area contributed by atoms with Gasteiger partial charge in [0, 0.05) is 37.2 Å². The van der Waals surface area contributed by atoms with E-state index in [2.05, 4.69) is 27.7 Å². The molecule has 0 aromatic heterocycles. The van der Waals surface area contributed by atoms with Crippen molar-refractivity contribution in [1.82, 2.24) is 5.32 Å². The summed E-state index contributed by atoms with van der Waals surface area (Å²) in [6.07, 6.45) is 5.92. The van der Waals surface area contributed by atoms with Crippen molar-refractivity contribution >= 4 is 17.3 Å². The van der Waals surface area contributed by atoms with Crippen molar-refractivity contribution < 1.29 is 9.53 Å². The van der Waals surface area contributed by atoms with Crippen molar-refractivity contribution in [1.29, 1.82) is 5.26 Å². The Morgan fingerprint density at radius 2 is 1.80 bits per heavy atom.